The lowest BCUT2D eigenvalue weighted by molar-refractivity contribution is -0.659. The molecule has 0 spiro atoms. The van der Waals surface area contributed by atoms with Gasteiger partial charge in [0.15, 0.2) is 6.20 Å². The molecule has 1 aromatic heterocycles. The van der Waals surface area contributed by atoms with Crippen molar-refractivity contribution in [2.45, 2.75) is 0 Å². The minimum Gasteiger partial charge on any atom is -0.377 e. The first kappa shape index (κ1) is 29.7. The van der Waals surface area contributed by atoms with E-state index in [1.165, 1.54) is 27.9 Å². The zero-order valence-corrected chi connectivity index (χ0v) is 24.5. The molecule has 0 amide bonds. The lowest BCUT2D eigenvalue weighted by Gasteiger charge is -2.25. The van der Waals surface area contributed by atoms with Crippen molar-refractivity contribution in [3.05, 3.63) is 108 Å². The summed E-state index contributed by atoms with van der Waals surface area (Å²) in [4.78, 5) is 2.31. The summed E-state index contributed by atoms with van der Waals surface area (Å²) < 4.78 is 24.9. The minimum atomic E-state index is 0.583. The van der Waals surface area contributed by atoms with Gasteiger partial charge in [-0.3, -0.25) is 0 Å². The van der Waals surface area contributed by atoms with Gasteiger partial charge in [0.1, 0.15) is 7.05 Å². The number of hydrogen-bond donors (Lipinski definition) is 0. The number of aromatic nitrogens is 1. The highest BCUT2D eigenvalue weighted by Gasteiger charge is 2.16. The molecule has 1 aliphatic rings. The fourth-order valence-electron chi connectivity index (χ4n) is 5.02. The fraction of sp³-hybridized carbons (Fsp3) is 0.306. The monoisotopic (exact) mass is 565 g/mol. The first-order valence-corrected chi connectivity index (χ1v) is 14.8. The largest absolute Gasteiger partial charge is 0.377 e. The van der Waals surface area contributed by atoms with E-state index in [9.17, 15) is 0 Å². The predicted molar refractivity (Wildman–Crippen MR) is 169 cm³/mol. The molecule has 0 aliphatic carbocycles. The van der Waals surface area contributed by atoms with Crippen LogP contribution in [0.3, 0.4) is 0 Å². The summed E-state index contributed by atoms with van der Waals surface area (Å²) in [7, 11) is 2.11. The zero-order chi connectivity index (χ0) is 28.8. The Hall–Kier alpha value is -3.81. The Kier molecular flexibility index (Phi) is 11.3. The molecule has 42 heavy (non-hydrogen) atoms. The SMILES string of the molecule is C[n+]1cc(-c2ccccc2)c(/C=C/c2ccc(N3CCOCCOCCOCCOCC3)cc2)cc1-c1ccccc1. The maximum Gasteiger partial charge on any atom is 0.212 e. The molecule has 6 heteroatoms. The number of hydrogen-bond acceptors (Lipinski definition) is 5. The van der Waals surface area contributed by atoms with Crippen molar-refractivity contribution in [3.8, 4) is 22.4 Å². The third kappa shape index (κ3) is 8.60. The molecule has 4 aromatic rings. The number of nitrogens with zero attached hydrogens (tertiary/aromatic N) is 2. The van der Waals surface area contributed by atoms with Crippen LogP contribution in [0.25, 0.3) is 34.5 Å². The van der Waals surface area contributed by atoms with Crippen LogP contribution in [0.15, 0.2) is 97.2 Å². The van der Waals surface area contributed by atoms with Crippen LogP contribution in [-0.2, 0) is 26.0 Å². The minimum absolute atomic E-state index is 0.583. The van der Waals surface area contributed by atoms with Crippen LogP contribution in [0.4, 0.5) is 5.69 Å². The first-order valence-electron chi connectivity index (χ1n) is 14.8. The van der Waals surface area contributed by atoms with E-state index in [-0.39, 0.29) is 0 Å². The summed E-state index contributed by atoms with van der Waals surface area (Å²) in [6.07, 6.45) is 6.64. The number of aryl methyl sites for hydroxylation is 1. The van der Waals surface area contributed by atoms with Gasteiger partial charge in [0.05, 0.1) is 58.4 Å². The van der Waals surface area contributed by atoms with Gasteiger partial charge < -0.3 is 23.8 Å². The normalized spacial score (nSPS) is 16.2. The Balaban J connectivity index is 1.34. The molecule has 0 saturated carbocycles. The van der Waals surface area contributed by atoms with Crippen LogP contribution in [0.1, 0.15) is 11.1 Å². The van der Waals surface area contributed by atoms with Crippen molar-refractivity contribution in [1.82, 2.24) is 0 Å². The van der Waals surface area contributed by atoms with Crippen molar-refractivity contribution in [2.24, 2.45) is 7.05 Å². The van der Waals surface area contributed by atoms with E-state index in [1.54, 1.807) is 0 Å². The van der Waals surface area contributed by atoms with Gasteiger partial charge in [0.2, 0.25) is 5.69 Å². The van der Waals surface area contributed by atoms with Crippen molar-refractivity contribution < 1.29 is 23.5 Å². The van der Waals surface area contributed by atoms with Gasteiger partial charge in [-0.2, -0.15) is 0 Å². The van der Waals surface area contributed by atoms with Crippen molar-refractivity contribution in [1.29, 1.82) is 0 Å². The van der Waals surface area contributed by atoms with Gasteiger partial charge in [0.25, 0.3) is 0 Å². The molecule has 0 unspecified atom stereocenters. The van der Waals surface area contributed by atoms with Crippen LogP contribution in [0.2, 0.25) is 0 Å². The molecular formula is C36H41N2O4+. The Morgan fingerprint density at radius 2 is 1.12 bits per heavy atom. The third-order valence-electron chi connectivity index (χ3n) is 7.30. The Morgan fingerprint density at radius 1 is 0.595 bits per heavy atom. The molecular weight excluding hydrogens is 524 g/mol. The topological polar surface area (TPSA) is 44.0 Å². The zero-order valence-electron chi connectivity index (χ0n) is 24.5. The molecule has 5 rings (SSSR count). The molecule has 0 atom stereocenters. The molecule has 0 bridgehead atoms. The second-order valence-corrected chi connectivity index (χ2v) is 10.2. The molecule has 2 heterocycles. The van der Waals surface area contributed by atoms with Crippen LogP contribution in [-0.4, -0.2) is 65.9 Å². The second kappa shape index (κ2) is 16.0. The van der Waals surface area contributed by atoms with Gasteiger partial charge >= 0.3 is 0 Å². The lowest BCUT2D eigenvalue weighted by atomic mass is 9.98. The highest BCUT2D eigenvalue weighted by Crippen LogP contribution is 2.28. The van der Waals surface area contributed by atoms with Gasteiger partial charge in [-0.25, -0.2) is 4.57 Å². The maximum atomic E-state index is 5.81. The van der Waals surface area contributed by atoms with E-state index in [1.807, 2.05) is 0 Å². The van der Waals surface area contributed by atoms with Crippen molar-refractivity contribution in [2.75, 3.05) is 70.8 Å². The molecule has 3 aromatic carbocycles. The van der Waals surface area contributed by atoms with Crippen LogP contribution in [0.5, 0.6) is 0 Å². The Labute approximate surface area is 249 Å². The highest BCUT2D eigenvalue weighted by atomic mass is 16.6. The number of benzene rings is 3. The van der Waals surface area contributed by atoms with E-state index < -0.39 is 0 Å². The number of ether oxygens (including phenoxy) is 4. The van der Waals surface area contributed by atoms with Crippen LogP contribution in [0, 0.1) is 0 Å². The van der Waals surface area contributed by atoms with Crippen LogP contribution < -0.4 is 9.47 Å². The van der Waals surface area contributed by atoms with E-state index in [0.717, 1.165) is 24.3 Å². The number of anilines is 1. The van der Waals surface area contributed by atoms with Crippen LogP contribution >= 0.6 is 0 Å². The number of rotatable bonds is 5. The summed E-state index contributed by atoms with van der Waals surface area (Å²) >= 11 is 0. The maximum absolute atomic E-state index is 5.81. The van der Waals surface area contributed by atoms with E-state index >= 15 is 0 Å². The quantitative estimate of drug-likeness (QED) is 0.282. The summed E-state index contributed by atoms with van der Waals surface area (Å²) in [5.74, 6) is 0. The standard InChI is InChI=1S/C36H41N2O4/c1-37-29-35(31-8-4-2-5-9-31)33(28-36(37)32-10-6-3-7-11-32)15-12-30-13-16-34(17-14-30)38-18-20-39-22-24-41-26-27-42-25-23-40-21-19-38/h2-17,28-29H,18-27H2,1H3/q+1. The van der Waals surface area contributed by atoms with E-state index in [2.05, 4.69) is 126 Å². The van der Waals surface area contributed by atoms with Gasteiger partial charge in [0, 0.05) is 30.4 Å². The summed E-state index contributed by atoms with van der Waals surface area (Å²) in [5.41, 5.74) is 8.23. The predicted octanol–water partition coefficient (Wildman–Crippen LogP) is 5.90. The Bertz CT molecular complexity index is 1380. The average molecular weight is 566 g/mol. The van der Waals surface area contributed by atoms with Crippen molar-refractivity contribution in [3.63, 3.8) is 0 Å². The summed E-state index contributed by atoms with van der Waals surface area (Å²) in [6, 6.07) is 32.1. The van der Waals surface area contributed by atoms with E-state index in [4.69, 9.17) is 18.9 Å². The van der Waals surface area contributed by atoms with Crippen molar-refractivity contribution >= 4 is 17.8 Å². The molecule has 6 nitrogen and oxygen atoms in total. The summed E-state index contributed by atoms with van der Waals surface area (Å²) in [6.45, 7) is 6.36. The molecule has 218 valence electrons. The molecule has 0 N–H and O–H groups in total. The van der Waals surface area contributed by atoms with Gasteiger partial charge in [-0.05, 0) is 41.0 Å². The second-order valence-electron chi connectivity index (χ2n) is 10.2. The first-order chi connectivity index (χ1) is 20.8. The lowest BCUT2D eigenvalue weighted by Crippen LogP contribution is -2.31. The summed E-state index contributed by atoms with van der Waals surface area (Å²) in [5, 5.41) is 0. The average Bonchev–Trinajstić information content (AvgIpc) is 3.05. The number of pyridine rings is 1. The molecule has 1 aliphatic heterocycles. The Morgan fingerprint density at radius 3 is 1.69 bits per heavy atom. The third-order valence-corrected chi connectivity index (χ3v) is 7.30. The molecule has 1 saturated heterocycles. The molecule has 0 radical (unpaired) electrons. The molecule has 1 fully saturated rings. The smallest absolute Gasteiger partial charge is 0.212 e. The van der Waals surface area contributed by atoms with E-state index in [0.29, 0.717) is 52.9 Å². The van der Waals surface area contributed by atoms with Gasteiger partial charge in [-0.15, -0.1) is 0 Å². The van der Waals surface area contributed by atoms with Gasteiger partial charge in [-0.1, -0.05) is 72.8 Å². The fourth-order valence-corrected chi connectivity index (χ4v) is 5.02. The highest BCUT2D eigenvalue weighted by molar-refractivity contribution is 5.82.